The minimum absolute atomic E-state index is 0.116. The number of carbonyl (C=O) groups excluding carboxylic acids is 1. The Labute approximate surface area is 69.7 Å². The molecule has 0 radical (unpaired) electrons. The van der Waals surface area contributed by atoms with Gasteiger partial charge in [0.2, 0.25) is 0 Å². The van der Waals surface area contributed by atoms with Gasteiger partial charge >= 0.3 is 0 Å². The SMILES string of the molecule is O=C1CC=CNC2C=CSC12. The van der Waals surface area contributed by atoms with Crippen LogP contribution in [0, 0.1) is 0 Å². The van der Waals surface area contributed by atoms with Crippen LogP contribution in [0.4, 0.5) is 0 Å². The van der Waals surface area contributed by atoms with E-state index in [4.69, 9.17) is 0 Å². The van der Waals surface area contributed by atoms with E-state index in [0.717, 1.165) is 0 Å². The number of ketones is 1. The van der Waals surface area contributed by atoms with Crippen molar-refractivity contribution in [3.8, 4) is 0 Å². The number of thioether (sulfide) groups is 1. The first-order chi connectivity index (χ1) is 5.38. The van der Waals surface area contributed by atoms with Crippen LogP contribution in [0.15, 0.2) is 23.8 Å². The van der Waals surface area contributed by atoms with Crippen LogP contribution < -0.4 is 5.32 Å². The molecule has 2 atom stereocenters. The molecule has 3 heteroatoms. The zero-order chi connectivity index (χ0) is 7.68. The van der Waals surface area contributed by atoms with E-state index in [0.29, 0.717) is 12.2 Å². The summed E-state index contributed by atoms with van der Waals surface area (Å²) >= 11 is 1.62. The number of nitrogens with one attached hydrogen (secondary N) is 1. The van der Waals surface area contributed by atoms with Gasteiger partial charge in [-0.1, -0.05) is 12.2 Å². The van der Waals surface area contributed by atoms with Crippen LogP contribution in [0.2, 0.25) is 0 Å². The van der Waals surface area contributed by atoms with Crippen molar-refractivity contribution in [3.05, 3.63) is 23.8 Å². The van der Waals surface area contributed by atoms with Gasteiger partial charge in [-0.05, 0) is 11.6 Å². The van der Waals surface area contributed by atoms with Gasteiger partial charge in [0, 0.05) is 6.42 Å². The average Bonchev–Trinajstić information content (AvgIpc) is 2.40. The first-order valence-corrected chi connectivity index (χ1v) is 4.58. The Balaban J connectivity index is 2.20. The van der Waals surface area contributed by atoms with E-state index in [2.05, 4.69) is 5.32 Å². The smallest absolute Gasteiger partial charge is 0.152 e. The maximum atomic E-state index is 11.3. The fourth-order valence-corrected chi connectivity index (χ4v) is 2.31. The zero-order valence-electron chi connectivity index (χ0n) is 5.99. The number of hydrogen-bond acceptors (Lipinski definition) is 3. The van der Waals surface area contributed by atoms with E-state index in [1.54, 1.807) is 11.8 Å². The maximum absolute atomic E-state index is 11.3. The van der Waals surface area contributed by atoms with Crippen molar-refractivity contribution in [1.82, 2.24) is 5.32 Å². The monoisotopic (exact) mass is 167 g/mol. The molecule has 0 spiro atoms. The third kappa shape index (κ3) is 1.20. The van der Waals surface area contributed by atoms with E-state index in [-0.39, 0.29) is 11.3 Å². The van der Waals surface area contributed by atoms with E-state index in [1.807, 2.05) is 23.8 Å². The molecule has 0 saturated heterocycles. The first kappa shape index (κ1) is 6.98. The minimum atomic E-state index is 0.116. The Bertz CT molecular complexity index is 234. The lowest BCUT2D eigenvalue weighted by atomic mass is 10.1. The van der Waals surface area contributed by atoms with Gasteiger partial charge in [0.15, 0.2) is 5.78 Å². The summed E-state index contributed by atoms with van der Waals surface area (Å²) in [6, 6.07) is 0.228. The number of allylic oxidation sites excluding steroid dienone is 1. The van der Waals surface area contributed by atoms with Gasteiger partial charge in [0.25, 0.3) is 0 Å². The summed E-state index contributed by atoms with van der Waals surface area (Å²) in [7, 11) is 0. The molecule has 0 saturated carbocycles. The van der Waals surface area contributed by atoms with Crippen LogP contribution in [0.3, 0.4) is 0 Å². The van der Waals surface area contributed by atoms with Gasteiger partial charge in [-0.2, -0.15) is 0 Å². The summed E-state index contributed by atoms with van der Waals surface area (Å²) in [5, 5.41) is 5.28. The molecule has 2 heterocycles. The second-order valence-corrected chi connectivity index (χ2v) is 3.70. The predicted octanol–water partition coefficient (Wildman–Crippen LogP) is 1.06. The van der Waals surface area contributed by atoms with Gasteiger partial charge in [-0.25, -0.2) is 0 Å². The van der Waals surface area contributed by atoms with Crippen molar-refractivity contribution in [3.63, 3.8) is 0 Å². The lowest BCUT2D eigenvalue weighted by Crippen LogP contribution is -2.34. The minimum Gasteiger partial charge on any atom is -0.383 e. The predicted molar refractivity (Wildman–Crippen MR) is 46.2 cm³/mol. The van der Waals surface area contributed by atoms with Gasteiger partial charge in [-0.3, -0.25) is 4.79 Å². The molecule has 0 aromatic rings. The Hall–Kier alpha value is -0.700. The Morgan fingerprint density at radius 3 is 3.45 bits per heavy atom. The van der Waals surface area contributed by atoms with Crippen LogP contribution in [-0.4, -0.2) is 17.1 Å². The van der Waals surface area contributed by atoms with Crippen LogP contribution in [0.25, 0.3) is 0 Å². The molecule has 2 aliphatic heterocycles. The van der Waals surface area contributed by atoms with Crippen LogP contribution >= 0.6 is 11.8 Å². The normalized spacial score (nSPS) is 34.7. The van der Waals surface area contributed by atoms with E-state index in [1.165, 1.54) is 0 Å². The summed E-state index contributed by atoms with van der Waals surface area (Å²) in [4.78, 5) is 11.3. The molecule has 58 valence electrons. The second kappa shape index (κ2) is 2.74. The lowest BCUT2D eigenvalue weighted by molar-refractivity contribution is -0.117. The Kier molecular flexibility index (Phi) is 1.74. The van der Waals surface area contributed by atoms with Crippen LogP contribution in [0.1, 0.15) is 6.42 Å². The molecule has 2 aliphatic rings. The number of hydrogen-bond donors (Lipinski definition) is 1. The number of carbonyl (C=O) groups is 1. The highest BCUT2D eigenvalue weighted by molar-refractivity contribution is 8.03. The number of Topliss-reactive ketones (excluding diaryl/α,β-unsaturated/α-hetero) is 1. The molecule has 2 unspecified atom stereocenters. The average molecular weight is 167 g/mol. The standard InChI is InChI=1S/C8H9NOS/c10-7-2-1-4-9-6-3-5-11-8(6)7/h1,3-6,8-9H,2H2. The van der Waals surface area contributed by atoms with Crippen molar-refractivity contribution in [2.24, 2.45) is 0 Å². The molecule has 1 N–H and O–H groups in total. The highest BCUT2D eigenvalue weighted by atomic mass is 32.2. The summed E-state index contributed by atoms with van der Waals surface area (Å²) in [6.45, 7) is 0. The maximum Gasteiger partial charge on any atom is 0.152 e. The van der Waals surface area contributed by atoms with Gasteiger partial charge in [0.05, 0.1) is 11.3 Å². The topological polar surface area (TPSA) is 29.1 Å². The molecule has 0 bridgehead atoms. The van der Waals surface area contributed by atoms with Crippen molar-refractivity contribution in [2.75, 3.05) is 0 Å². The van der Waals surface area contributed by atoms with E-state index >= 15 is 0 Å². The van der Waals surface area contributed by atoms with Gasteiger partial charge in [-0.15, -0.1) is 11.8 Å². The van der Waals surface area contributed by atoms with Crippen molar-refractivity contribution in [1.29, 1.82) is 0 Å². The largest absolute Gasteiger partial charge is 0.383 e. The number of fused-ring (bicyclic) bond motifs is 1. The third-order valence-corrected chi connectivity index (χ3v) is 3.04. The zero-order valence-corrected chi connectivity index (χ0v) is 6.80. The van der Waals surface area contributed by atoms with E-state index < -0.39 is 0 Å². The summed E-state index contributed by atoms with van der Waals surface area (Å²) in [5.74, 6) is 0.325. The van der Waals surface area contributed by atoms with Crippen LogP contribution in [-0.2, 0) is 4.79 Å². The molecule has 0 amide bonds. The highest BCUT2D eigenvalue weighted by Gasteiger charge is 2.29. The Morgan fingerprint density at radius 2 is 2.55 bits per heavy atom. The molecular formula is C8H9NOS. The molecule has 2 nitrogen and oxygen atoms in total. The molecular weight excluding hydrogens is 158 g/mol. The molecule has 2 rings (SSSR count). The van der Waals surface area contributed by atoms with Crippen LogP contribution in [0.5, 0.6) is 0 Å². The van der Waals surface area contributed by atoms with Crippen molar-refractivity contribution in [2.45, 2.75) is 17.7 Å². The van der Waals surface area contributed by atoms with Crippen molar-refractivity contribution >= 4 is 17.5 Å². The molecule has 0 fully saturated rings. The molecule has 0 aliphatic carbocycles. The van der Waals surface area contributed by atoms with Crippen molar-refractivity contribution < 1.29 is 4.79 Å². The summed E-state index contributed by atoms with van der Waals surface area (Å²) < 4.78 is 0. The van der Waals surface area contributed by atoms with Gasteiger partial charge in [0.1, 0.15) is 0 Å². The van der Waals surface area contributed by atoms with E-state index in [9.17, 15) is 4.79 Å². The highest BCUT2D eigenvalue weighted by Crippen LogP contribution is 2.27. The fraction of sp³-hybridized carbons (Fsp3) is 0.375. The third-order valence-electron chi connectivity index (χ3n) is 1.88. The second-order valence-electron chi connectivity index (χ2n) is 2.65. The number of rotatable bonds is 0. The first-order valence-electron chi connectivity index (χ1n) is 3.64. The lowest BCUT2D eigenvalue weighted by Gasteiger charge is -2.13. The molecule has 11 heavy (non-hydrogen) atoms. The fourth-order valence-electron chi connectivity index (χ4n) is 1.29. The van der Waals surface area contributed by atoms with Gasteiger partial charge < -0.3 is 5.32 Å². The quantitative estimate of drug-likeness (QED) is 0.585. The summed E-state index contributed by atoms with van der Waals surface area (Å²) in [6.07, 6.45) is 6.37. The molecule has 0 aromatic carbocycles. The summed E-state index contributed by atoms with van der Waals surface area (Å²) in [5.41, 5.74) is 0. The Morgan fingerprint density at radius 1 is 1.64 bits per heavy atom. The molecule has 0 aromatic heterocycles.